The molecule has 0 unspecified atom stereocenters. The summed E-state index contributed by atoms with van der Waals surface area (Å²) in [5.41, 5.74) is 3.58. The van der Waals surface area contributed by atoms with E-state index in [4.69, 9.17) is 11.6 Å². The van der Waals surface area contributed by atoms with Gasteiger partial charge < -0.3 is 15.1 Å². The Bertz CT molecular complexity index is 1210. The number of carbonyl (C=O) groups excluding carboxylic acids is 1. The van der Waals surface area contributed by atoms with Crippen molar-refractivity contribution in [2.24, 2.45) is 5.92 Å². The molecule has 2 aromatic carbocycles. The Morgan fingerprint density at radius 1 is 1.09 bits per heavy atom. The monoisotopic (exact) mass is 479 g/mol. The van der Waals surface area contributed by atoms with Crippen molar-refractivity contribution in [3.63, 3.8) is 0 Å². The van der Waals surface area contributed by atoms with E-state index >= 15 is 0 Å². The van der Waals surface area contributed by atoms with E-state index in [-0.39, 0.29) is 17.4 Å². The molecule has 1 amide bonds. The molecule has 8 heteroatoms. The summed E-state index contributed by atoms with van der Waals surface area (Å²) in [4.78, 5) is 29.3. The summed E-state index contributed by atoms with van der Waals surface area (Å²) in [6, 6.07) is 16.9. The smallest absolute Gasteiger partial charge is 0.271 e. The number of rotatable bonds is 6. The van der Waals surface area contributed by atoms with Crippen molar-refractivity contribution in [3.05, 3.63) is 81.1 Å². The van der Waals surface area contributed by atoms with E-state index in [0.717, 1.165) is 35.5 Å². The van der Waals surface area contributed by atoms with Gasteiger partial charge in [-0.05, 0) is 61.2 Å². The number of nitrogens with one attached hydrogen (secondary N) is 1. The summed E-state index contributed by atoms with van der Waals surface area (Å²) >= 11 is 6.24. The highest BCUT2D eigenvalue weighted by molar-refractivity contribution is 6.31. The number of amides is 1. The molecule has 0 spiro atoms. The molecule has 1 saturated heterocycles. The molecule has 1 N–H and O–H groups in total. The molecule has 4 rings (SSSR count). The normalized spacial score (nSPS) is 14.2. The van der Waals surface area contributed by atoms with E-state index in [9.17, 15) is 9.59 Å². The number of benzene rings is 2. The Morgan fingerprint density at radius 3 is 2.44 bits per heavy atom. The van der Waals surface area contributed by atoms with Gasteiger partial charge in [0.05, 0.1) is 5.69 Å². The molecule has 1 aliphatic rings. The minimum Gasteiger partial charge on any atom is -0.378 e. The molecule has 178 valence electrons. The van der Waals surface area contributed by atoms with Crippen molar-refractivity contribution in [1.29, 1.82) is 0 Å². The topological polar surface area (TPSA) is 70.5 Å². The minimum absolute atomic E-state index is 0.0286. The number of hydrogen-bond acceptors (Lipinski definition) is 5. The Labute approximate surface area is 205 Å². The number of halogens is 1. The highest BCUT2D eigenvalue weighted by atomic mass is 35.5. The van der Waals surface area contributed by atoms with Gasteiger partial charge >= 0.3 is 0 Å². The van der Waals surface area contributed by atoms with Crippen LogP contribution < -0.4 is 20.7 Å². The van der Waals surface area contributed by atoms with Gasteiger partial charge in [0.1, 0.15) is 5.82 Å². The van der Waals surface area contributed by atoms with Crippen LogP contribution in [0.5, 0.6) is 0 Å². The SMILES string of the molecule is Cc1ccc(-n2nc(N3CCC(C(=O)NCc4ccc(N(C)C)cc4)CC3)ccc2=O)cc1Cl. The maximum Gasteiger partial charge on any atom is 0.271 e. The first kappa shape index (κ1) is 23.8. The second-order valence-electron chi connectivity index (χ2n) is 8.92. The molecule has 0 radical (unpaired) electrons. The van der Waals surface area contributed by atoms with Gasteiger partial charge in [-0.15, -0.1) is 5.10 Å². The van der Waals surface area contributed by atoms with E-state index in [0.29, 0.717) is 30.3 Å². The third-order valence-corrected chi connectivity index (χ3v) is 6.70. The molecule has 7 nitrogen and oxygen atoms in total. The Kier molecular flexibility index (Phi) is 7.22. The summed E-state index contributed by atoms with van der Waals surface area (Å²) in [7, 11) is 4.01. The fraction of sp³-hybridized carbons (Fsp3) is 0.346. The van der Waals surface area contributed by atoms with E-state index in [1.807, 2.05) is 50.2 Å². The van der Waals surface area contributed by atoms with Crippen molar-refractivity contribution >= 4 is 29.0 Å². The largest absolute Gasteiger partial charge is 0.378 e. The van der Waals surface area contributed by atoms with Crippen LogP contribution in [0, 0.1) is 12.8 Å². The van der Waals surface area contributed by atoms with Gasteiger partial charge in [-0.1, -0.05) is 29.8 Å². The van der Waals surface area contributed by atoms with E-state index in [1.165, 1.54) is 10.7 Å². The number of anilines is 2. The lowest BCUT2D eigenvalue weighted by Crippen LogP contribution is -2.41. The molecular formula is C26H30ClN5O2. The van der Waals surface area contributed by atoms with Crippen molar-refractivity contribution < 1.29 is 4.79 Å². The molecule has 0 saturated carbocycles. The first-order valence-corrected chi connectivity index (χ1v) is 11.9. The lowest BCUT2D eigenvalue weighted by Gasteiger charge is -2.32. The third kappa shape index (κ3) is 5.42. The van der Waals surface area contributed by atoms with Crippen molar-refractivity contribution in [2.45, 2.75) is 26.3 Å². The fourth-order valence-corrected chi connectivity index (χ4v) is 4.26. The quantitative estimate of drug-likeness (QED) is 0.582. The van der Waals surface area contributed by atoms with Gasteiger partial charge in [-0.25, -0.2) is 0 Å². The molecule has 34 heavy (non-hydrogen) atoms. The first-order chi connectivity index (χ1) is 16.3. The van der Waals surface area contributed by atoms with E-state index in [2.05, 4.69) is 27.4 Å². The lowest BCUT2D eigenvalue weighted by molar-refractivity contribution is -0.125. The van der Waals surface area contributed by atoms with Crippen LogP contribution >= 0.6 is 11.6 Å². The third-order valence-electron chi connectivity index (χ3n) is 6.30. The number of hydrogen-bond donors (Lipinski definition) is 1. The summed E-state index contributed by atoms with van der Waals surface area (Å²) in [5, 5.41) is 8.24. The molecule has 0 bridgehead atoms. The minimum atomic E-state index is -0.212. The Morgan fingerprint density at radius 2 is 1.79 bits per heavy atom. The number of aromatic nitrogens is 2. The fourth-order valence-electron chi connectivity index (χ4n) is 4.08. The summed E-state index contributed by atoms with van der Waals surface area (Å²) < 4.78 is 1.38. The Balaban J connectivity index is 1.35. The van der Waals surface area contributed by atoms with Crippen LogP contribution in [0.25, 0.3) is 5.69 Å². The number of aryl methyl sites for hydroxylation is 1. The van der Waals surface area contributed by atoms with Crippen LogP contribution in [0.15, 0.2) is 59.4 Å². The van der Waals surface area contributed by atoms with Crippen LogP contribution in [-0.2, 0) is 11.3 Å². The second kappa shape index (κ2) is 10.3. The standard InChI is InChI=1S/C26H30ClN5O2/c1-18-4-7-22(16-23(18)27)32-25(33)11-10-24(29-32)31-14-12-20(13-15-31)26(34)28-17-19-5-8-21(9-6-19)30(2)3/h4-11,16,20H,12-15,17H2,1-3H3,(H,28,34). The molecule has 0 atom stereocenters. The van der Waals surface area contributed by atoms with Crippen LogP contribution in [0.1, 0.15) is 24.0 Å². The molecular weight excluding hydrogens is 450 g/mol. The molecule has 3 aromatic rings. The highest BCUT2D eigenvalue weighted by Gasteiger charge is 2.26. The van der Waals surface area contributed by atoms with Crippen LogP contribution in [-0.4, -0.2) is 42.9 Å². The van der Waals surface area contributed by atoms with E-state index < -0.39 is 0 Å². The lowest BCUT2D eigenvalue weighted by atomic mass is 9.96. The Hall–Kier alpha value is -3.32. The molecule has 1 aliphatic heterocycles. The summed E-state index contributed by atoms with van der Waals surface area (Å²) in [6.07, 6.45) is 1.48. The van der Waals surface area contributed by atoms with Gasteiger partial charge in [0.25, 0.3) is 5.56 Å². The zero-order valence-corrected chi connectivity index (χ0v) is 20.5. The summed E-state index contributed by atoms with van der Waals surface area (Å²) in [5.74, 6) is 0.777. The van der Waals surface area contributed by atoms with Gasteiger partial charge in [-0.3, -0.25) is 9.59 Å². The zero-order valence-electron chi connectivity index (χ0n) is 19.8. The number of carbonyl (C=O) groups is 1. The van der Waals surface area contributed by atoms with Crippen LogP contribution in [0.3, 0.4) is 0 Å². The number of piperidine rings is 1. The van der Waals surface area contributed by atoms with Gasteiger partial charge in [0, 0.05) is 56.4 Å². The zero-order chi connectivity index (χ0) is 24.2. The molecule has 1 fully saturated rings. The van der Waals surface area contributed by atoms with Gasteiger partial charge in [0.15, 0.2) is 0 Å². The van der Waals surface area contributed by atoms with Crippen molar-refractivity contribution in [2.75, 3.05) is 37.0 Å². The summed E-state index contributed by atoms with van der Waals surface area (Å²) in [6.45, 7) is 3.85. The maximum absolute atomic E-state index is 12.7. The highest BCUT2D eigenvalue weighted by Crippen LogP contribution is 2.23. The first-order valence-electron chi connectivity index (χ1n) is 11.5. The predicted molar refractivity (Wildman–Crippen MR) is 137 cm³/mol. The molecule has 2 heterocycles. The predicted octanol–water partition coefficient (Wildman–Crippen LogP) is 3.79. The second-order valence-corrected chi connectivity index (χ2v) is 9.32. The van der Waals surface area contributed by atoms with Gasteiger partial charge in [-0.2, -0.15) is 4.68 Å². The van der Waals surface area contributed by atoms with Gasteiger partial charge in [0.2, 0.25) is 5.91 Å². The van der Waals surface area contributed by atoms with Crippen LogP contribution in [0.2, 0.25) is 5.02 Å². The number of nitrogens with zero attached hydrogens (tertiary/aromatic N) is 4. The average Bonchev–Trinajstić information content (AvgIpc) is 2.85. The van der Waals surface area contributed by atoms with Crippen molar-refractivity contribution in [3.8, 4) is 5.69 Å². The average molecular weight is 480 g/mol. The van der Waals surface area contributed by atoms with Crippen LogP contribution in [0.4, 0.5) is 11.5 Å². The molecule has 0 aliphatic carbocycles. The van der Waals surface area contributed by atoms with Crippen molar-refractivity contribution in [1.82, 2.24) is 15.1 Å². The maximum atomic E-state index is 12.7. The van der Waals surface area contributed by atoms with E-state index in [1.54, 1.807) is 12.1 Å². The molecule has 1 aromatic heterocycles.